The molecule has 2 nitrogen and oxygen atoms in total. The third kappa shape index (κ3) is 1.86. The molecule has 1 aromatic rings. The first-order valence-electron chi connectivity index (χ1n) is 5.13. The first-order chi connectivity index (χ1) is 7.39. The summed E-state index contributed by atoms with van der Waals surface area (Å²) in [5.41, 5.74) is 0.0172. The summed E-state index contributed by atoms with van der Waals surface area (Å²) in [6.45, 7) is 3.90. The molecule has 16 heavy (non-hydrogen) atoms. The van der Waals surface area contributed by atoms with Crippen LogP contribution >= 0.6 is 0 Å². The van der Waals surface area contributed by atoms with E-state index < -0.39 is 11.7 Å². The summed E-state index contributed by atoms with van der Waals surface area (Å²) >= 11 is 0. The first kappa shape index (κ1) is 11.2. The van der Waals surface area contributed by atoms with E-state index in [2.05, 4.69) is 4.98 Å². The molecule has 0 aromatic carbocycles. The minimum absolute atomic E-state index is 0.0457. The van der Waals surface area contributed by atoms with Gasteiger partial charge in [0.05, 0.1) is 12.2 Å². The number of fused-ring (bicyclic) bond motifs is 1. The topological polar surface area (TPSA) is 22.1 Å². The number of rotatable bonds is 1. The Morgan fingerprint density at radius 1 is 1.38 bits per heavy atom. The van der Waals surface area contributed by atoms with E-state index in [0.29, 0.717) is 5.69 Å². The summed E-state index contributed by atoms with van der Waals surface area (Å²) < 4.78 is 43.5. The molecular weight excluding hydrogens is 219 g/mol. The van der Waals surface area contributed by atoms with Crippen LogP contribution in [0.2, 0.25) is 0 Å². The van der Waals surface area contributed by atoms with Gasteiger partial charge in [-0.05, 0) is 12.0 Å². The first-order valence-corrected chi connectivity index (χ1v) is 5.13. The van der Waals surface area contributed by atoms with E-state index in [0.717, 1.165) is 6.07 Å². The van der Waals surface area contributed by atoms with Gasteiger partial charge in [0.2, 0.25) is 5.88 Å². The molecule has 0 amide bonds. The highest BCUT2D eigenvalue weighted by atomic mass is 19.4. The van der Waals surface area contributed by atoms with Crippen LogP contribution in [0, 0.1) is 0 Å². The molecule has 0 N–H and O–H groups in total. The molecule has 1 aliphatic heterocycles. The van der Waals surface area contributed by atoms with Gasteiger partial charge in [0.15, 0.2) is 0 Å². The summed E-state index contributed by atoms with van der Waals surface area (Å²) in [4.78, 5) is 4.10. The standard InChI is InChI=1S/C11H12F3NO/c1-6(2)9-5-8(11(12,13)14)7-3-4-16-10(7)15-9/h5-6H,3-4H2,1-2H3. The average Bonchev–Trinajstić information content (AvgIpc) is 2.61. The van der Waals surface area contributed by atoms with Crippen molar-refractivity contribution in [3.63, 3.8) is 0 Å². The lowest BCUT2D eigenvalue weighted by Crippen LogP contribution is -2.10. The van der Waals surface area contributed by atoms with Gasteiger partial charge >= 0.3 is 6.18 Å². The van der Waals surface area contributed by atoms with E-state index in [-0.39, 0.29) is 30.4 Å². The lowest BCUT2D eigenvalue weighted by molar-refractivity contribution is -0.138. The number of ether oxygens (including phenoxy) is 1. The molecule has 0 atom stereocenters. The van der Waals surface area contributed by atoms with E-state index >= 15 is 0 Å². The second-order valence-corrected chi connectivity index (χ2v) is 4.13. The Morgan fingerprint density at radius 3 is 2.62 bits per heavy atom. The third-order valence-corrected chi connectivity index (χ3v) is 2.59. The Balaban J connectivity index is 2.58. The molecule has 2 rings (SSSR count). The molecule has 5 heteroatoms. The quantitative estimate of drug-likeness (QED) is 0.740. The zero-order chi connectivity index (χ0) is 11.9. The van der Waals surface area contributed by atoms with Crippen LogP contribution in [0.15, 0.2) is 6.07 Å². The molecule has 2 heterocycles. The summed E-state index contributed by atoms with van der Waals surface area (Å²) in [5.74, 6) is 0.106. The second-order valence-electron chi connectivity index (χ2n) is 4.13. The Kier molecular flexibility index (Phi) is 2.56. The van der Waals surface area contributed by atoms with Crippen molar-refractivity contribution in [3.05, 3.63) is 22.9 Å². The molecule has 0 bridgehead atoms. The molecule has 0 unspecified atom stereocenters. The smallest absolute Gasteiger partial charge is 0.416 e. The van der Waals surface area contributed by atoms with Crippen molar-refractivity contribution in [1.82, 2.24) is 4.98 Å². The highest BCUT2D eigenvalue weighted by molar-refractivity contribution is 5.41. The summed E-state index contributed by atoms with van der Waals surface area (Å²) in [5, 5.41) is 0. The van der Waals surface area contributed by atoms with E-state index in [1.165, 1.54) is 0 Å². The molecule has 0 spiro atoms. The molecule has 0 aliphatic carbocycles. The molecule has 1 aromatic heterocycles. The van der Waals surface area contributed by atoms with Crippen LogP contribution in [0.3, 0.4) is 0 Å². The van der Waals surface area contributed by atoms with E-state index in [9.17, 15) is 13.2 Å². The zero-order valence-corrected chi connectivity index (χ0v) is 9.06. The van der Waals surface area contributed by atoms with Gasteiger partial charge in [-0.3, -0.25) is 0 Å². The van der Waals surface area contributed by atoms with Crippen LogP contribution in [0.1, 0.15) is 36.6 Å². The predicted octanol–water partition coefficient (Wildman–Crippen LogP) is 3.16. The number of aromatic nitrogens is 1. The highest BCUT2D eigenvalue weighted by Gasteiger charge is 2.37. The van der Waals surface area contributed by atoms with Crippen LogP contribution in [0.25, 0.3) is 0 Å². The predicted molar refractivity (Wildman–Crippen MR) is 52.5 cm³/mol. The number of nitrogens with zero attached hydrogens (tertiary/aromatic N) is 1. The summed E-state index contributed by atoms with van der Waals surface area (Å²) in [7, 11) is 0. The normalized spacial score (nSPS) is 15.1. The van der Waals surface area contributed by atoms with Crippen LogP contribution in [-0.2, 0) is 12.6 Å². The van der Waals surface area contributed by atoms with Crippen LogP contribution in [0.5, 0.6) is 5.88 Å². The maximum absolute atomic E-state index is 12.8. The molecule has 0 fully saturated rings. The summed E-state index contributed by atoms with van der Waals surface area (Å²) in [6, 6.07) is 1.14. The van der Waals surface area contributed by atoms with Crippen molar-refractivity contribution in [2.75, 3.05) is 6.61 Å². The van der Waals surface area contributed by atoms with E-state index in [4.69, 9.17) is 4.74 Å². The fourth-order valence-corrected chi connectivity index (χ4v) is 1.73. The Hall–Kier alpha value is -1.26. The van der Waals surface area contributed by atoms with Crippen LogP contribution in [-0.4, -0.2) is 11.6 Å². The molecule has 0 saturated carbocycles. The van der Waals surface area contributed by atoms with Gasteiger partial charge in [0, 0.05) is 17.7 Å². The highest BCUT2D eigenvalue weighted by Crippen LogP contribution is 2.39. The van der Waals surface area contributed by atoms with Gasteiger partial charge in [0.1, 0.15) is 0 Å². The number of pyridine rings is 1. The van der Waals surface area contributed by atoms with Crippen molar-refractivity contribution < 1.29 is 17.9 Å². The Morgan fingerprint density at radius 2 is 2.06 bits per heavy atom. The van der Waals surface area contributed by atoms with Gasteiger partial charge in [-0.25, -0.2) is 4.98 Å². The minimum Gasteiger partial charge on any atom is -0.477 e. The van der Waals surface area contributed by atoms with Crippen molar-refractivity contribution >= 4 is 0 Å². The average molecular weight is 231 g/mol. The summed E-state index contributed by atoms with van der Waals surface area (Å²) in [6.07, 6.45) is -4.04. The monoisotopic (exact) mass is 231 g/mol. The Bertz CT molecular complexity index is 412. The van der Waals surface area contributed by atoms with Gasteiger partial charge in [-0.2, -0.15) is 13.2 Å². The van der Waals surface area contributed by atoms with Crippen LogP contribution in [0.4, 0.5) is 13.2 Å². The van der Waals surface area contributed by atoms with Crippen molar-refractivity contribution in [1.29, 1.82) is 0 Å². The van der Waals surface area contributed by atoms with E-state index in [1.54, 1.807) is 0 Å². The van der Waals surface area contributed by atoms with Crippen LogP contribution < -0.4 is 4.74 Å². The van der Waals surface area contributed by atoms with Crippen molar-refractivity contribution in [2.45, 2.75) is 32.4 Å². The Labute approximate surface area is 91.4 Å². The molecule has 88 valence electrons. The van der Waals surface area contributed by atoms with E-state index in [1.807, 2.05) is 13.8 Å². The number of halogens is 3. The second kappa shape index (κ2) is 3.64. The molecule has 0 radical (unpaired) electrons. The maximum atomic E-state index is 12.8. The third-order valence-electron chi connectivity index (χ3n) is 2.59. The largest absolute Gasteiger partial charge is 0.477 e. The SMILES string of the molecule is CC(C)c1cc(C(F)(F)F)c2c(n1)OCC2. The molecular formula is C11H12F3NO. The van der Waals surface area contributed by atoms with Gasteiger partial charge in [-0.1, -0.05) is 13.8 Å². The lowest BCUT2D eigenvalue weighted by Gasteiger charge is -2.14. The molecule has 1 aliphatic rings. The van der Waals surface area contributed by atoms with Gasteiger partial charge in [-0.15, -0.1) is 0 Å². The number of hydrogen-bond donors (Lipinski definition) is 0. The lowest BCUT2D eigenvalue weighted by atomic mass is 10.0. The number of hydrogen-bond acceptors (Lipinski definition) is 2. The van der Waals surface area contributed by atoms with Gasteiger partial charge < -0.3 is 4.74 Å². The zero-order valence-electron chi connectivity index (χ0n) is 9.06. The maximum Gasteiger partial charge on any atom is 0.416 e. The van der Waals surface area contributed by atoms with Gasteiger partial charge in [0.25, 0.3) is 0 Å². The minimum atomic E-state index is -4.33. The van der Waals surface area contributed by atoms with Crippen molar-refractivity contribution in [3.8, 4) is 5.88 Å². The molecule has 0 saturated heterocycles. The van der Waals surface area contributed by atoms with Crippen molar-refractivity contribution in [2.24, 2.45) is 0 Å². The number of alkyl halides is 3. The fraction of sp³-hybridized carbons (Fsp3) is 0.545. The fourth-order valence-electron chi connectivity index (χ4n) is 1.73.